The van der Waals surface area contributed by atoms with Gasteiger partial charge in [0.2, 0.25) is 11.8 Å². The largest absolute Gasteiger partial charge is 0.445 e. The summed E-state index contributed by atoms with van der Waals surface area (Å²) in [6, 6.07) is 11.9. The Morgan fingerprint density at radius 3 is 2.29 bits per heavy atom. The maximum absolute atomic E-state index is 13.5. The quantitative estimate of drug-likeness (QED) is 0.297. The Balaban J connectivity index is 1.68. The van der Waals surface area contributed by atoms with Gasteiger partial charge in [0.05, 0.1) is 12.1 Å². The van der Waals surface area contributed by atoms with E-state index in [1.165, 1.54) is 24.3 Å². The van der Waals surface area contributed by atoms with E-state index in [0.717, 1.165) is 24.8 Å². The molecule has 4 atom stereocenters. The number of aldehydes is 1. The van der Waals surface area contributed by atoms with Crippen LogP contribution < -0.4 is 16.0 Å². The molecule has 2 aromatic rings. The van der Waals surface area contributed by atoms with Crippen LogP contribution in [0, 0.1) is 11.7 Å². The van der Waals surface area contributed by atoms with Gasteiger partial charge < -0.3 is 30.2 Å². The molecule has 0 bridgehead atoms. The number of amides is 3. The maximum Gasteiger partial charge on any atom is 0.408 e. The molecule has 0 spiro atoms. The Kier molecular flexibility index (Phi) is 12.7. The van der Waals surface area contributed by atoms with Crippen molar-refractivity contribution in [3.8, 4) is 0 Å². The second kappa shape index (κ2) is 16.5. The van der Waals surface area contributed by atoms with Crippen LogP contribution in [0.2, 0.25) is 0 Å². The molecule has 9 nitrogen and oxygen atoms in total. The number of carbonyl (C=O) groups is 4. The van der Waals surface area contributed by atoms with Gasteiger partial charge >= 0.3 is 6.09 Å². The van der Waals surface area contributed by atoms with Crippen LogP contribution in [-0.4, -0.2) is 55.0 Å². The smallest absolute Gasteiger partial charge is 0.408 e. The predicted octanol–water partition coefficient (Wildman–Crippen LogP) is 3.84. The van der Waals surface area contributed by atoms with Gasteiger partial charge in [0.25, 0.3) is 0 Å². The summed E-state index contributed by atoms with van der Waals surface area (Å²) in [5.41, 5.74) is 1.38. The summed E-state index contributed by atoms with van der Waals surface area (Å²) >= 11 is 0. The van der Waals surface area contributed by atoms with E-state index in [0.29, 0.717) is 31.3 Å². The highest BCUT2D eigenvalue weighted by atomic mass is 19.1. The topological polar surface area (TPSA) is 123 Å². The lowest BCUT2D eigenvalue weighted by molar-refractivity contribution is -0.131. The fourth-order valence-corrected chi connectivity index (χ4v) is 4.66. The van der Waals surface area contributed by atoms with Crippen molar-refractivity contribution in [1.82, 2.24) is 16.0 Å². The number of benzene rings is 2. The first-order valence-corrected chi connectivity index (χ1v) is 14.1. The van der Waals surface area contributed by atoms with Crippen molar-refractivity contribution in [2.75, 3.05) is 6.61 Å². The minimum Gasteiger partial charge on any atom is -0.445 e. The molecule has 1 aliphatic rings. The van der Waals surface area contributed by atoms with E-state index in [2.05, 4.69) is 16.0 Å². The average molecular weight is 570 g/mol. The Morgan fingerprint density at radius 1 is 0.951 bits per heavy atom. The van der Waals surface area contributed by atoms with Gasteiger partial charge in [-0.05, 0) is 54.9 Å². The fraction of sp³-hybridized carbons (Fsp3) is 0.484. The van der Waals surface area contributed by atoms with E-state index in [9.17, 15) is 23.6 Å². The van der Waals surface area contributed by atoms with Crippen molar-refractivity contribution in [2.45, 2.75) is 83.2 Å². The van der Waals surface area contributed by atoms with Gasteiger partial charge in [-0.3, -0.25) is 9.59 Å². The number of alkyl carbamates (subject to hydrolysis) is 1. The van der Waals surface area contributed by atoms with Crippen molar-refractivity contribution < 1.29 is 33.0 Å². The van der Waals surface area contributed by atoms with Crippen molar-refractivity contribution in [3.05, 3.63) is 71.5 Å². The molecular formula is C31H40FN3O6. The number of hydrogen-bond donors (Lipinski definition) is 3. The molecule has 2 aromatic carbocycles. The molecule has 222 valence electrons. The van der Waals surface area contributed by atoms with Crippen molar-refractivity contribution in [2.24, 2.45) is 5.92 Å². The highest BCUT2D eigenvalue weighted by Crippen LogP contribution is 2.17. The van der Waals surface area contributed by atoms with E-state index >= 15 is 0 Å². The molecule has 41 heavy (non-hydrogen) atoms. The molecule has 1 saturated heterocycles. The monoisotopic (exact) mass is 569 g/mol. The van der Waals surface area contributed by atoms with E-state index in [-0.39, 0.29) is 25.0 Å². The number of hydrogen-bond acceptors (Lipinski definition) is 6. The van der Waals surface area contributed by atoms with Gasteiger partial charge in [-0.15, -0.1) is 0 Å². The molecule has 10 heteroatoms. The summed E-state index contributed by atoms with van der Waals surface area (Å²) in [4.78, 5) is 51.1. The third-order valence-electron chi connectivity index (χ3n) is 6.80. The zero-order valence-corrected chi connectivity index (χ0v) is 23.6. The first-order valence-electron chi connectivity index (χ1n) is 14.1. The lowest BCUT2D eigenvalue weighted by Crippen LogP contribution is -2.56. The number of ether oxygens (including phenoxy) is 2. The van der Waals surface area contributed by atoms with Crippen LogP contribution in [0.15, 0.2) is 54.6 Å². The second-order valence-corrected chi connectivity index (χ2v) is 10.8. The molecule has 1 heterocycles. The van der Waals surface area contributed by atoms with Gasteiger partial charge in [-0.1, -0.05) is 56.3 Å². The van der Waals surface area contributed by atoms with Gasteiger partial charge in [0.15, 0.2) is 0 Å². The van der Waals surface area contributed by atoms with Gasteiger partial charge in [0.1, 0.15) is 30.8 Å². The summed E-state index contributed by atoms with van der Waals surface area (Å²) in [6.45, 7) is 4.46. The summed E-state index contributed by atoms with van der Waals surface area (Å²) in [5, 5.41) is 8.08. The Bertz CT molecular complexity index is 1120. The lowest BCUT2D eigenvalue weighted by Gasteiger charge is -2.27. The highest BCUT2D eigenvalue weighted by Gasteiger charge is 2.30. The summed E-state index contributed by atoms with van der Waals surface area (Å²) in [5.74, 6) is -1.49. The van der Waals surface area contributed by atoms with Crippen LogP contribution >= 0.6 is 0 Å². The summed E-state index contributed by atoms with van der Waals surface area (Å²) in [7, 11) is 0. The third kappa shape index (κ3) is 11.3. The lowest BCUT2D eigenvalue weighted by atomic mass is 9.99. The number of rotatable bonds is 14. The molecular weight excluding hydrogens is 529 g/mol. The van der Waals surface area contributed by atoms with E-state index in [1.54, 1.807) is 12.1 Å². The van der Waals surface area contributed by atoms with Crippen molar-refractivity contribution in [1.29, 1.82) is 0 Å². The third-order valence-corrected chi connectivity index (χ3v) is 6.80. The van der Waals surface area contributed by atoms with Crippen molar-refractivity contribution in [3.63, 3.8) is 0 Å². The second-order valence-electron chi connectivity index (χ2n) is 10.8. The molecule has 2 unspecified atom stereocenters. The summed E-state index contributed by atoms with van der Waals surface area (Å²) in [6.07, 6.45) is 3.28. The fourth-order valence-electron chi connectivity index (χ4n) is 4.66. The van der Waals surface area contributed by atoms with Crippen molar-refractivity contribution >= 4 is 24.2 Å². The van der Waals surface area contributed by atoms with Gasteiger partial charge in [-0.25, -0.2) is 9.18 Å². The Hall–Kier alpha value is -3.79. The standard InChI is InChI=1S/C31H40FN3O6/c1-21(2)16-27(29(37)33-25(19-36)18-26-10-6-7-15-40-26)34-30(38)28(17-22-11-13-24(32)14-12-22)35-31(39)41-20-23-8-4-3-5-9-23/h3-5,8-9,11-14,19,21,25-28H,6-7,10,15-18,20H2,1-2H3,(H,33,37)(H,34,38)(H,35,39)/t25?,26?,27-,28-/m0/s1. The highest BCUT2D eigenvalue weighted by molar-refractivity contribution is 5.92. The number of carbonyl (C=O) groups excluding carboxylic acids is 4. The van der Waals surface area contributed by atoms with Crippen LogP contribution in [0.3, 0.4) is 0 Å². The van der Waals surface area contributed by atoms with Crippen LogP contribution in [0.25, 0.3) is 0 Å². The van der Waals surface area contributed by atoms with Crippen LogP contribution in [0.1, 0.15) is 57.1 Å². The normalized spacial score (nSPS) is 17.1. The van der Waals surface area contributed by atoms with Crippen LogP contribution in [0.4, 0.5) is 9.18 Å². The van der Waals surface area contributed by atoms with Crippen LogP contribution in [0.5, 0.6) is 0 Å². The van der Waals surface area contributed by atoms with E-state index in [1.807, 2.05) is 32.0 Å². The van der Waals surface area contributed by atoms with Crippen LogP contribution in [-0.2, 0) is 36.9 Å². The molecule has 1 fully saturated rings. The Morgan fingerprint density at radius 2 is 1.66 bits per heavy atom. The molecule has 0 aromatic heterocycles. The SMILES string of the molecule is CC(C)C[C@H](NC(=O)[C@H](Cc1ccc(F)cc1)NC(=O)OCc1ccccc1)C(=O)NC(C=O)CC1CCCCO1. The molecule has 0 aliphatic carbocycles. The van der Waals surface area contributed by atoms with E-state index in [4.69, 9.17) is 9.47 Å². The number of halogens is 1. The molecule has 0 radical (unpaired) electrons. The van der Waals surface area contributed by atoms with E-state index < -0.39 is 41.9 Å². The predicted molar refractivity (Wildman–Crippen MR) is 151 cm³/mol. The minimum atomic E-state index is -1.11. The minimum absolute atomic E-state index is 0.00767. The average Bonchev–Trinajstić information content (AvgIpc) is 2.97. The molecule has 3 N–H and O–H groups in total. The first kappa shape index (κ1) is 31.7. The van der Waals surface area contributed by atoms with Gasteiger partial charge in [-0.2, -0.15) is 0 Å². The zero-order valence-electron chi connectivity index (χ0n) is 23.6. The molecule has 1 aliphatic heterocycles. The maximum atomic E-state index is 13.5. The first-order chi connectivity index (χ1) is 19.7. The molecule has 3 rings (SSSR count). The van der Waals surface area contributed by atoms with Gasteiger partial charge in [0, 0.05) is 19.4 Å². The Labute approximate surface area is 240 Å². The molecule has 3 amide bonds. The summed E-state index contributed by atoms with van der Waals surface area (Å²) < 4.78 is 24.5. The number of nitrogens with one attached hydrogen (secondary N) is 3. The zero-order chi connectivity index (χ0) is 29.6. The molecule has 0 saturated carbocycles.